The van der Waals surface area contributed by atoms with Crippen molar-refractivity contribution in [3.63, 3.8) is 0 Å². The van der Waals surface area contributed by atoms with Crippen LogP contribution in [0.1, 0.15) is 16.8 Å². The summed E-state index contributed by atoms with van der Waals surface area (Å²) >= 11 is 0. The fourth-order valence-electron chi connectivity index (χ4n) is 1.08. The van der Waals surface area contributed by atoms with Gasteiger partial charge in [0.1, 0.15) is 5.75 Å². The average molecular weight is 275 g/mol. The summed E-state index contributed by atoms with van der Waals surface area (Å²) in [4.78, 5) is 3.83. The molecule has 0 aliphatic carbocycles. The molecule has 0 fully saturated rings. The number of hydrogen-bond acceptors (Lipinski definition) is 5. The molecule has 8 heteroatoms. The van der Waals surface area contributed by atoms with Gasteiger partial charge in [0.15, 0.2) is 0 Å². The first-order valence-electron chi connectivity index (χ1n) is 3.85. The Morgan fingerprint density at radius 3 is 2.12 bits per heavy atom. The van der Waals surface area contributed by atoms with Crippen LogP contribution in [0.15, 0.2) is 6.20 Å². The maximum Gasteiger partial charge on any atom is 0.144 e. The predicted molar refractivity (Wildman–Crippen MR) is 63.7 cm³/mol. The van der Waals surface area contributed by atoms with Crippen molar-refractivity contribution in [3.05, 3.63) is 23.0 Å². The number of halogens is 2. The number of aromatic hydroxyl groups is 1. The normalized spacial score (nSPS) is 8.44. The Bertz CT molecular complexity index is 312. The third kappa shape index (κ3) is 4.09. The monoisotopic (exact) mass is 274 g/mol. The molecular formula is C8H16Cl2N2O4. The smallest absolute Gasteiger partial charge is 0.144 e. The zero-order chi connectivity index (χ0) is 9.84. The number of rotatable bonds is 3. The minimum absolute atomic E-state index is 0. The second-order valence-corrected chi connectivity index (χ2v) is 2.58. The Balaban J connectivity index is -0.000000563. The molecule has 1 aromatic rings. The van der Waals surface area contributed by atoms with E-state index in [2.05, 4.69) is 4.98 Å². The van der Waals surface area contributed by atoms with Crippen molar-refractivity contribution >= 4 is 24.8 Å². The standard InChI is InChI=1S/C8H12N2O3.2ClH.H2O/c9-1-7-8(13)6(4-12)5(3-11)2-10-7;;;/h2,11-13H,1,3-4,9H2;2*1H;1H2. The molecule has 6 nitrogen and oxygen atoms in total. The van der Waals surface area contributed by atoms with Crippen LogP contribution in [0, 0.1) is 0 Å². The lowest BCUT2D eigenvalue weighted by Crippen LogP contribution is -2.05. The molecule has 1 aromatic heterocycles. The number of aromatic nitrogens is 1. The van der Waals surface area contributed by atoms with Crippen molar-refractivity contribution in [2.24, 2.45) is 5.73 Å². The van der Waals surface area contributed by atoms with Crippen LogP contribution in [0.5, 0.6) is 5.75 Å². The topological polar surface area (TPSA) is 131 Å². The number of pyridine rings is 1. The van der Waals surface area contributed by atoms with Crippen molar-refractivity contribution in [1.29, 1.82) is 0 Å². The van der Waals surface area contributed by atoms with Gasteiger partial charge in [0.2, 0.25) is 0 Å². The van der Waals surface area contributed by atoms with E-state index in [4.69, 9.17) is 15.9 Å². The van der Waals surface area contributed by atoms with Gasteiger partial charge in [-0.05, 0) is 0 Å². The van der Waals surface area contributed by atoms with Gasteiger partial charge in [-0.3, -0.25) is 4.98 Å². The van der Waals surface area contributed by atoms with Crippen LogP contribution in [0.25, 0.3) is 0 Å². The van der Waals surface area contributed by atoms with Gasteiger partial charge in [-0.15, -0.1) is 24.8 Å². The van der Waals surface area contributed by atoms with Gasteiger partial charge in [-0.1, -0.05) is 0 Å². The van der Waals surface area contributed by atoms with Crippen LogP contribution in [-0.2, 0) is 19.8 Å². The molecule has 1 heterocycles. The van der Waals surface area contributed by atoms with E-state index in [9.17, 15) is 5.11 Å². The summed E-state index contributed by atoms with van der Waals surface area (Å²) in [5.41, 5.74) is 6.32. The summed E-state index contributed by atoms with van der Waals surface area (Å²) in [6.45, 7) is -0.497. The molecule has 0 saturated heterocycles. The van der Waals surface area contributed by atoms with Gasteiger partial charge >= 0.3 is 0 Å². The van der Waals surface area contributed by atoms with Crippen LogP contribution in [0.4, 0.5) is 0 Å². The summed E-state index contributed by atoms with van der Waals surface area (Å²) in [5.74, 6) is -0.128. The van der Waals surface area contributed by atoms with Gasteiger partial charge in [-0.25, -0.2) is 0 Å². The van der Waals surface area contributed by atoms with E-state index in [1.807, 2.05) is 0 Å². The Morgan fingerprint density at radius 1 is 1.19 bits per heavy atom. The Kier molecular flexibility index (Phi) is 12.4. The molecule has 0 atom stereocenters. The summed E-state index contributed by atoms with van der Waals surface area (Å²) < 4.78 is 0. The predicted octanol–water partition coefficient (Wildman–Crippen LogP) is -0.751. The molecule has 0 spiro atoms. The van der Waals surface area contributed by atoms with Crippen molar-refractivity contribution in [3.8, 4) is 5.75 Å². The molecule has 16 heavy (non-hydrogen) atoms. The van der Waals surface area contributed by atoms with Gasteiger partial charge in [0, 0.05) is 23.9 Å². The molecule has 0 aliphatic rings. The first kappa shape index (κ1) is 20.7. The van der Waals surface area contributed by atoms with Crippen LogP contribution in [0.3, 0.4) is 0 Å². The number of hydrogen-bond donors (Lipinski definition) is 4. The minimum Gasteiger partial charge on any atom is -0.506 e. The first-order valence-corrected chi connectivity index (χ1v) is 3.85. The molecule has 0 aromatic carbocycles. The second-order valence-electron chi connectivity index (χ2n) is 2.58. The Labute approximate surface area is 105 Å². The van der Waals surface area contributed by atoms with Crippen LogP contribution in [0.2, 0.25) is 0 Å². The largest absolute Gasteiger partial charge is 0.506 e. The van der Waals surface area contributed by atoms with Gasteiger partial charge in [0.25, 0.3) is 0 Å². The number of aliphatic hydroxyl groups excluding tert-OH is 2. The van der Waals surface area contributed by atoms with Crippen molar-refractivity contribution in [2.45, 2.75) is 19.8 Å². The highest BCUT2D eigenvalue weighted by Crippen LogP contribution is 2.23. The minimum atomic E-state index is -0.336. The second kappa shape index (κ2) is 9.59. The van der Waals surface area contributed by atoms with Crippen molar-refractivity contribution in [1.82, 2.24) is 4.98 Å². The maximum absolute atomic E-state index is 9.49. The highest BCUT2D eigenvalue weighted by molar-refractivity contribution is 5.85. The summed E-state index contributed by atoms with van der Waals surface area (Å²) in [7, 11) is 0. The molecule has 0 aliphatic heterocycles. The highest BCUT2D eigenvalue weighted by atomic mass is 35.5. The molecule has 0 saturated carbocycles. The molecular weight excluding hydrogens is 259 g/mol. The SMILES string of the molecule is Cl.Cl.NCc1ncc(CO)c(CO)c1O.O. The molecule has 1 rings (SSSR count). The van der Waals surface area contributed by atoms with Crippen molar-refractivity contribution < 1.29 is 20.8 Å². The molecule has 0 amide bonds. The van der Waals surface area contributed by atoms with Gasteiger partial charge in [0.05, 0.1) is 18.9 Å². The summed E-state index contributed by atoms with van der Waals surface area (Å²) in [5, 5.41) is 27.2. The van der Waals surface area contributed by atoms with E-state index in [0.717, 1.165) is 0 Å². The van der Waals surface area contributed by atoms with E-state index in [0.29, 0.717) is 11.3 Å². The summed E-state index contributed by atoms with van der Waals surface area (Å²) in [6.07, 6.45) is 1.40. The van der Waals surface area contributed by atoms with Crippen LogP contribution in [-0.4, -0.2) is 25.8 Å². The fourth-order valence-corrected chi connectivity index (χ4v) is 1.08. The van der Waals surface area contributed by atoms with E-state index >= 15 is 0 Å². The van der Waals surface area contributed by atoms with Gasteiger partial charge < -0.3 is 26.5 Å². The number of aliphatic hydroxyl groups is 2. The maximum atomic E-state index is 9.49. The zero-order valence-corrected chi connectivity index (χ0v) is 10.0. The van der Waals surface area contributed by atoms with E-state index in [-0.39, 0.29) is 61.4 Å². The lowest BCUT2D eigenvalue weighted by Gasteiger charge is -2.09. The van der Waals surface area contributed by atoms with E-state index in [1.54, 1.807) is 0 Å². The molecule has 0 bridgehead atoms. The number of nitrogens with zero attached hydrogens (tertiary/aromatic N) is 1. The highest BCUT2D eigenvalue weighted by Gasteiger charge is 2.11. The Morgan fingerprint density at radius 2 is 1.75 bits per heavy atom. The lowest BCUT2D eigenvalue weighted by molar-refractivity contribution is 0.254. The quantitative estimate of drug-likeness (QED) is 0.576. The van der Waals surface area contributed by atoms with Crippen LogP contribution >= 0.6 is 24.8 Å². The number of nitrogens with two attached hydrogens (primary N) is 1. The molecule has 96 valence electrons. The first-order chi connectivity index (χ1) is 6.24. The third-order valence-electron chi connectivity index (χ3n) is 1.84. The van der Waals surface area contributed by atoms with Crippen molar-refractivity contribution in [2.75, 3.05) is 0 Å². The Hall–Kier alpha value is -0.630. The molecule has 7 N–H and O–H groups in total. The summed E-state index contributed by atoms with van der Waals surface area (Å²) in [6, 6.07) is 0. The molecule has 0 radical (unpaired) electrons. The van der Waals surface area contributed by atoms with Crippen LogP contribution < -0.4 is 5.73 Å². The fraction of sp³-hybridized carbons (Fsp3) is 0.375. The zero-order valence-electron chi connectivity index (χ0n) is 8.38. The van der Waals surface area contributed by atoms with E-state index in [1.165, 1.54) is 6.20 Å². The molecule has 0 unspecified atom stereocenters. The van der Waals surface area contributed by atoms with Gasteiger partial charge in [-0.2, -0.15) is 0 Å². The third-order valence-corrected chi connectivity index (χ3v) is 1.84. The lowest BCUT2D eigenvalue weighted by atomic mass is 10.1. The average Bonchev–Trinajstić information content (AvgIpc) is 2.17. The van der Waals surface area contributed by atoms with E-state index < -0.39 is 0 Å².